The van der Waals surface area contributed by atoms with Crippen molar-refractivity contribution in [1.29, 1.82) is 0 Å². The average molecular weight is 426 g/mol. The third kappa shape index (κ3) is 4.84. The van der Waals surface area contributed by atoms with Crippen LogP contribution >= 0.6 is 0 Å². The number of anilines is 1. The maximum Gasteiger partial charge on any atom is 0.248 e. The van der Waals surface area contributed by atoms with E-state index in [1.165, 1.54) is 30.4 Å². The van der Waals surface area contributed by atoms with Gasteiger partial charge in [0.1, 0.15) is 17.3 Å². The molecule has 2 N–H and O–H groups in total. The van der Waals surface area contributed by atoms with E-state index in [-0.39, 0.29) is 10.9 Å². The summed E-state index contributed by atoms with van der Waals surface area (Å²) < 4.78 is 46.6. The molecule has 0 radical (unpaired) electrons. The zero-order valence-electron chi connectivity index (χ0n) is 15.8. The maximum absolute atomic E-state index is 13.8. The first kappa shape index (κ1) is 20.1. The molecule has 1 aromatic heterocycles. The maximum atomic E-state index is 13.8. The van der Waals surface area contributed by atoms with E-state index in [9.17, 15) is 17.6 Å². The van der Waals surface area contributed by atoms with Crippen LogP contribution in [0.15, 0.2) is 76.1 Å². The Labute approximate surface area is 173 Å². The van der Waals surface area contributed by atoms with Crippen LogP contribution in [0.1, 0.15) is 18.6 Å². The number of rotatable bonds is 7. The number of carbonyl (C=O) groups is 1. The molecule has 1 amide bonds. The van der Waals surface area contributed by atoms with Crippen LogP contribution in [0.3, 0.4) is 0 Å². The van der Waals surface area contributed by atoms with Crippen LogP contribution < -0.4 is 10.0 Å². The summed E-state index contributed by atoms with van der Waals surface area (Å²) in [6.45, 7) is 0. The van der Waals surface area contributed by atoms with Crippen LogP contribution in [-0.4, -0.2) is 20.4 Å². The number of sulfonamides is 1. The van der Waals surface area contributed by atoms with Crippen LogP contribution in [0.5, 0.6) is 0 Å². The zero-order valence-corrected chi connectivity index (χ0v) is 16.7. The fourth-order valence-electron chi connectivity index (χ4n) is 2.82. The molecular formula is C22H19FN2O4S. The predicted octanol–water partition coefficient (Wildman–Crippen LogP) is 4.18. The van der Waals surface area contributed by atoms with Crippen LogP contribution in [-0.2, 0) is 14.8 Å². The van der Waals surface area contributed by atoms with E-state index in [1.807, 2.05) is 0 Å². The average Bonchev–Trinajstić information content (AvgIpc) is 3.39. The summed E-state index contributed by atoms with van der Waals surface area (Å²) in [5.41, 5.74) is 0.689. The molecular weight excluding hydrogens is 407 g/mol. The summed E-state index contributed by atoms with van der Waals surface area (Å²) in [4.78, 5) is 12.3. The van der Waals surface area contributed by atoms with Gasteiger partial charge in [-0.05, 0) is 61.4 Å². The Hall–Kier alpha value is -3.23. The second-order valence-electron chi connectivity index (χ2n) is 6.93. The Balaban J connectivity index is 1.42. The number of furan rings is 1. The molecule has 0 bridgehead atoms. The van der Waals surface area contributed by atoms with Crippen LogP contribution in [0, 0.1) is 5.82 Å². The van der Waals surface area contributed by atoms with Gasteiger partial charge in [0.05, 0.1) is 10.5 Å². The lowest BCUT2D eigenvalue weighted by molar-refractivity contribution is -0.111. The van der Waals surface area contributed by atoms with E-state index in [2.05, 4.69) is 10.0 Å². The molecule has 0 unspecified atom stereocenters. The van der Waals surface area contributed by atoms with Gasteiger partial charge in [-0.2, -0.15) is 0 Å². The lowest BCUT2D eigenvalue weighted by Gasteiger charge is -2.08. The molecule has 0 spiro atoms. The molecule has 2 aromatic carbocycles. The Morgan fingerprint density at radius 2 is 1.87 bits per heavy atom. The lowest BCUT2D eigenvalue weighted by atomic mass is 10.1. The minimum Gasteiger partial charge on any atom is -0.457 e. The Kier molecular flexibility index (Phi) is 5.52. The van der Waals surface area contributed by atoms with Gasteiger partial charge in [-0.1, -0.05) is 18.2 Å². The summed E-state index contributed by atoms with van der Waals surface area (Å²) in [7, 11) is -3.60. The fourth-order valence-corrected chi connectivity index (χ4v) is 4.17. The predicted molar refractivity (Wildman–Crippen MR) is 112 cm³/mol. The van der Waals surface area contributed by atoms with Crippen molar-refractivity contribution in [3.8, 4) is 11.3 Å². The standard InChI is InChI=1S/C22H19FN2O4S/c23-20-7-2-1-6-19(20)21-12-10-17(29-21)11-13-22(26)24-16-4-3-5-18(14-16)30(27,28)25-15-8-9-15/h1-7,10-15,25H,8-9H2,(H,24,26). The second-order valence-corrected chi connectivity index (χ2v) is 8.64. The van der Waals surface area contributed by atoms with Crippen molar-refractivity contribution in [2.45, 2.75) is 23.8 Å². The molecule has 1 fully saturated rings. The molecule has 1 aliphatic rings. The highest BCUT2D eigenvalue weighted by molar-refractivity contribution is 7.89. The summed E-state index contributed by atoms with van der Waals surface area (Å²) in [5, 5.41) is 2.62. The van der Waals surface area contributed by atoms with Gasteiger partial charge in [0.2, 0.25) is 15.9 Å². The SMILES string of the molecule is O=C(C=Cc1ccc(-c2ccccc2F)o1)Nc1cccc(S(=O)(=O)NC2CC2)c1. The van der Waals surface area contributed by atoms with E-state index < -0.39 is 21.7 Å². The highest BCUT2D eigenvalue weighted by Crippen LogP contribution is 2.25. The van der Waals surface area contributed by atoms with Crippen molar-refractivity contribution in [3.63, 3.8) is 0 Å². The summed E-state index contributed by atoms with van der Waals surface area (Å²) in [6, 6.07) is 15.5. The molecule has 4 rings (SSSR count). The number of hydrogen-bond acceptors (Lipinski definition) is 4. The van der Waals surface area contributed by atoms with Crippen molar-refractivity contribution in [2.24, 2.45) is 0 Å². The quantitative estimate of drug-likeness (QED) is 0.555. The largest absolute Gasteiger partial charge is 0.457 e. The minimum atomic E-state index is -3.60. The highest BCUT2D eigenvalue weighted by atomic mass is 32.2. The van der Waals surface area contributed by atoms with Crippen molar-refractivity contribution >= 4 is 27.7 Å². The van der Waals surface area contributed by atoms with E-state index >= 15 is 0 Å². The van der Waals surface area contributed by atoms with Gasteiger partial charge < -0.3 is 9.73 Å². The van der Waals surface area contributed by atoms with Crippen molar-refractivity contribution < 1.29 is 22.0 Å². The Bertz CT molecular complexity index is 1210. The fraction of sp³-hybridized carbons (Fsp3) is 0.136. The first-order chi connectivity index (χ1) is 14.4. The van der Waals surface area contributed by atoms with E-state index in [0.29, 0.717) is 22.8 Å². The van der Waals surface area contributed by atoms with Gasteiger partial charge in [-0.3, -0.25) is 4.79 Å². The first-order valence-corrected chi connectivity index (χ1v) is 10.9. The van der Waals surface area contributed by atoms with Gasteiger partial charge in [0.15, 0.2) is 0 Å². The third-order valence-electron chi connectivity index (χ3n) is 4.48. The van der Waals surface area contributed by atoms with Crippen molar-refractivity contribution in [1.82, 2.24) is 4.72 Å². The summed E-state index contributed by atoms with van der Waals surface area (Å²) in [6.07, 6.45) is 4.39. The van der Waals surface area contributed by atoms with E-state index in [0.717, 1.165) is 12.8 Å². The Morgan fingerprint density at radius 1 is 1.07 bits per heavy atom. The molecule has 30 heavy (non-hydrogen) atoms. The second kappa shape index (κ2) is 8.25. The van der Waals surface area contributed by atoms with Crippen LogP contribution in [0.25, 0.3) is 17.4 Å². The topological polar surface area (TPSA) is 88.4 Å². The number of halogens is 1. The number of nitrogens with one attached hydrogen (secondary N) is 2. The van der Waals surface area contributed by atoms with E-state index in [4.69, 9.17) is 4.42 Å². The van der Waals surface area contributed by atoms with Gasteiger partial charge >= 0.3 is 0 Å². The van der Waals surface area contributed by atoms with Crippen LogP contribution in [0.4, 0.5) is 10.1 Å². The van der Waals surface area contributed by atoms with Gasteiger partial charge in [0, 0.05) is 17.8 Å². The normalized spacial score (nSPS) is 14.2. The summed E-state index contributed by atoms with van der Waals surface area (Å²) >= 11 is 0. The van der Waals surface area contributed by atoms with Gasteiger partial charge in [0.25, 0.3) is 0 Å². The molecule has 1 aliphatic carbocycles. The smallest absolute Gasteiger partial charge is 0.248 e. The first-order valence-electron chi connectivity index (χ1n) is 9.37. The van der Waals surface area contributed by atoms with Crippen molar-refractivity contribution in [3.05, 3.63) is 78.3 Å². The molecule has 0 atom stereocenters. The zero-order chi connectivity index (χ0) is 21.1. The number of amides is 1. The molecule has 0 saturated heterocycles. The van der Waals surface area contributed by atoms with Gasteiger partial charge in [-0.25, -0.2) is 17.5 Å². The van der Waals surface area contributed by atoms with E-state index in [1.54, 1.807) is 42.5 Å². The van der Waals surface area contributed by atoms with Crippen molar-refractivity contribution in [2.75, 3.05) is 5.32 Å². The lowest BCUT2D eigenvalue weighted by Crippen LogP contribution is -2.25. The molecule has 6 nitrogen and oxygen atoms in total. The van der Waals surface area contributed by atoms with Crippen LogP contribution in [0.2, 0.25) is 0 Å². The third-order valence-corrected chi connectivity index (χ3v) is 5.99. The minimum absolute atomic E-state index is 0.00118. The van der Waals surface area contributed by atoms with Gasteiger partial charge in [-0.15, -0.1) is 0 Å². The highest BCUT2D eigenvalue weighted by Gasteiger charge is 2.28. The molecule has 8 heteroatoms. The number of benzene rings is 2. The number of hydrogen-bond donors (Lipinski definition) is 2. The molecule has 154 valence electrons. The molecule has 1 heterocycles. The molecule has 1 saturated carbocycles. The monoisotopic (exact) mass is 426 g/mol. The molecule has 0 aliphatic heterocycles. The summed E-state index contributed by atoms with van der Waals surface area (Å²) in [5.74, 6) is -0.114. The number of carbonyl (C=O) groups excluding carboxylic acids is 1. The Morgan fingerprint density at radius 3 is 2.63 bits per heavy atom. The molecule has 3 aromatic rings.